The number of carbonyl (C=O) groups excluding carboxylic acids is 3. The number of aryl methyl sites for hydroxylation is 1. The number of hydrogen-bond donors (Lipinski definition) is 3. The highest BCUT2D eigenvalue weighted by Gasteiger charge is 2.15. The second-order valence-electron chi connectivity index (χ2n) is 8.73. The summed E-state index contributed by atoms with van der Waals surface area (Å²) in [7, 11) is 0. The van der Waals surface area contributed by atoms with E-state index in [-0.39, 0.29) is 23.0 Å². The van der Waals surface area contributed by atoms with E-state index in [2.05, 4.69) is 31.9 Å². The zero-order valence-corrected chi connectivity index (χ0v) is 23.8. The zero-order valence-electron chi connectivity index (χ0n) is 21.4. The Kier molecular flexibility index (Phi) is 9.88. The van der Waals surface area contributed by atoms with Gasteiger partial charge in [0.1, 0.15) is 11.5 Å². The van der Waals surface area contributed by atoms with Crippen molar-refractivity contribution in [3.05, 3.63) is 130 Å². The number of nitrogens with one attached hydrogen (secondary N) is 3. The maximum Gasteiger partial charge on any atom is 0.272 e. The Morgan fingerprint density at radius 2 is 1.57 bits per heavy atom. The average Bonchev–Trinajstić information content (AvgIpc) is 2.95. The van der Waals surface area contributed by atoms with E-state index in [1.165, 1.54) is 23.9 Å². The van der Waals surface area contributed by atoms with Crippen molar-refractivity contribution < 1.29 is 18.8 Å². The minimum absolute atomic E-state index is 0.0795. The van der Waals surface area contributed by atoms with Crippen LogP contribution < -0.4 is 16.0 Å². The van der Waals surface area contributed by atoms with Crippen molar-refractivity contribution in [1.82, 2.24) is 5.32 Å². The van der Waals surface area contributed by atoms with Gasteiger partial charge >= 0.3 is 0 Å². The molecular formula is C31H25BrFN3O3S. The van der Waals surface area contributed by atoms with Crippen LogP contribution in [0.25, 0.3) is 6.08 Å². The molecule has 0 atom stereocenters. The third-order valence-corrected chi connectivity index (χ3v) is 7.11. The molecule has 9 heteroatoms. The molecule has 0 bridgehead atoms. The van der Waals surface area contributed by atoms with Crippen LogP contribution in [0.3, 0.4) is 0 Å². The smallest absolute Gasteiger partial charge is 0.272 e. The van der Waals surface area contributed by atoms with Crippen molar-refractivity contribution in [2.24, 2.45) is 0 Å². The minimum Gasteiger partial charge on any atom is -0.323 e. The fourth-order valence-corrected chi connectivity index (χ4v) is 4.56. The molecule has 0 aliphatic carbocycles. The van der Waals surface area contributed by atoms with Gasteiger partial charge in [-0.3, -0.25) is 14.4 Å². The van der Waals surface area contributed by atoms with E-state index in [9.17, 15) is 18.8 Å². The van der Waals surface area contributed by atoms with Gasteiger partial charge in [0.2, 0.25) is 5.91 Å². The molecule has 4 aromatic rings. The van der Waals surface area contributed by atoms with Crippen LogP contribution in [0.1, 0.15) is 21.5 Å². The summed E-state index contributed by atoms with van der Waals surface area (Å²) in [5.74, 6) is -1.67. The monoisotopic (exact) mass is 617 g/mol. The first-order valence-corrected chi connectivity index (χ1v) is 14.0. The van der Waals surface area contributed by atoms with Crippen LogP contribution in [0.15, 0.2) is 112 Å². The SMILES string of the molecule is Cc1ccc(/C=C(\NC(=O)c2ccccc2)C(=O)Nc2ccc(SCC(=O)Nc3ccc(Br)cc3F)cc2)cc1. The van der Waals surface area contributed by atoms with E-state index in [1.54, 1.807) is 60.7 Å². The van der Waals surface area contributed by atoms with Gasteiger partial charge in [-0.25, -0.2) is 4.39 Å². The average molecular weight is 619 g/mol. The molecule has 0 heterocycles. The number of hydrogen-bond acceptors (Lipinski definition) is 4. The lowest BCUT2D eigenvalue weighted by molar-refractivity contribution is -0.114. The Labute approximate surface area is 244 Å². The molecule has 0 radical (unpaired) electrons. The second-order valence-corrected chi connectivity index (χ2v) is 10.7. The molecule has 0 saturated heterocycles. The molecule has 4 aromatic carbocycles. The lowest BCUT2D eigenvalue weighted by atomic mass is 10.1. The van der Waals surface area contributed by atoms with Crippen molar-refractivity contribution in [3.8, 4) is 0 Å². The van der Waals surface area contributed by atoms with Crippen LogP contribution in [0.5, 0.6) is 0 Å². The van der Waals surface area contributed by atoms with E-state index in [4.69, 9.17) is 0 Å². The molecule has 0 fully saturated rings. The van der Waals surface area contributed by atoms with E-state index in [1.807, 2.05) is 37.3 Å². The molecule has 0 aliphatic rings. The predicted molar refractivity (Wildman–Crippen MR) is 162 cm³/mol. The summed E-state index contributed by atoms with van der Waals surface area (Å²) in [5, 5.41) is 8.08. The van der Waals surface area contributed by atoms with Crippen molar-refractivity contribution >= 4 is 62.9 Å². The van der Waals surface area contributed by atoms with Gasteiger partial charge in [0.15, 0.2) is 0 Å². The van der Waals surface area contributed by atoms with Crippen LogP contribution in [-0.4, -0.2) is 23.5 Å². The Balaban J connectivity index is 1.40. The van der Waals surface area contributed by atoms with Crippen molar-refractivity contribution in [3.63, 3.8) is 0 Å². The lowest BCUT2D eigenvalue weighted by Crippen LogP contribution is -2.30. The van der Waals surface area contributed by atoms with Gasteiger partial charge in [0.25, 0.3) is 11.8 Å². The summed E-state index contributed by atoms with van der Waals surface area (Å²) >= 11 is 4.46. The highest BCUT2D eigenvalue weighted by atomic mass is 79.9. The molecule has 4 rings (SSSR count). The first-order valence-electron chi connectivity index (χ1n) is 12.2. The topological polar surface area (TPSA) is 87.3 Å². The highest BCUT2D eigenvalue weighted by molar-refractivity contribution is 9.10. The maximum atomic E-state index is 14.0. The van der Waals surface area contributed by atoms with Gasteiger partial charge in [0, 0.05) is 20.6 Å². The minimum atomic E-state index is -0.524. The van der Waals surface area contributed by atoms with E-state index < -0.39 is 17.6 Å². The summed E-state index contributed by atoms with van der Waals surface area (Å²) in [5.41, 5.74) is 2.98. The summed E-state index contributed by atoms with van der Waals surface area (Å²) in [6.45, 7) is 1.97. The first-order chi connectivity index (χ1) is 19.3. The van der Waals surface area contributed by atoms with Gasteiger partial charge in [-0.05, 0) is 73.2 Å². The summed E-state index contributed by atoms with van der Waals surface area (Å²) in [4.78, 5) is 39.0. The van der Waals surface area contributed by atoms with Crippen LogP contribution >= 0.6 is 27.7 Å². The van der Waals surface area contributed by atoms with Gasteiger partial charge in [0.05, 0.1) is 11.4 Å². The van der Waals surface area contributed by atoms with Gasteiger partial charge < -0.3 is 16.0 Å². The number of benzene rings is 4. The van der Waals surface area contributed by atoms with Gasteiger partial charge in [-0.1, -0.05) is 64.0 Å². The molecular weight excluding hydrogens is 593 g/mol. The van der Waals surface area contributed by atoms with Gasteiger partial charge in [-0.15, -0.1) is 11.8 Å². The Morgan fingerprint density at radius 1 is 0.875 bits per heavy atom. The summed E-state index contributed by atoms with van der Waals surface area (Å²) < 4.78 is 14.5. The fraction of sp³-hybridized carbons (Fsp3) is 0.0645. The first kappa shape index (κ1) is 28.8. The molecule has 202 valence electrons. The number of thioether (sulfide) groups is 1. The maximum absolute atomic E-state index is 14.0. The summed E-state index contributed by atoms with van der Waals surface area (Å²) in [6.07, 6.45) is 1.62. The molecule has 0 aliphatic heterocycles. The fourth-order valence-electron chi connectivity index (χ4n) is 3.53. The van der Waals surface area contributed by atoms with E-state index in [0.717, 1.165) is 16.0 Å². The third-order valence-electron chi connectivity index (χ3n) is 5.60. The molecule has 0 unspecified atom stereocenters. The Hall–Kier alpha value is -4.21. The standard InChI is InChI=1S/C31H25BrFN3O3S/c1-20-7-9-21(10-8-20)17-28(36-30(38)22-5-3-2-4-6-22)31(39)34-24-12-14-25(15-13-24)40-19-29(37)35-27-16-11-23(32)18-26(27)33/h2-18H,19H2,1H3,(H,34,39)(H,35,37)(H,36,38)/b28-17-. The van der Waals surface area contributed by atoms with E-state index >= 15 is 0 Å². The second kappa shape index (κ2) is 13.7. The van der Waals surface area contributed by atoms with Crippen molar-refractivity contribution in [1.29, 1.82) is 0 Å². The molecule has 3 N–H and O–H groups in total. The van der Waals surface area contributed by atoms with Crippen molar-refractivity contribution in [2.45, 2.75) is 11.8 Å². The zero-order chi connectivity index (χ0) is 28.5. The molecule has 0 aromatic heterocycles. The quantitative estimate of drug-likeness (QED) is 0.139. The van der Waals surface area contributed by atoms with Gasteiger partial charge in [-0.2, -0.15) is 0 Å². The highest BCUT2D eigenvalue weighted by Crippen LogP contribution is 2.23. The van der Waals surface area contributed by atoms with E-state index in [0.29, 0.717) is 15.7 Å². The Morgan fingerprint density at radius 3 is 2.25 bits per heavy atom. The van der Waals surface area contributed by atoms with Crippen LogP contribution in [0, 0.1) is 12.7 Å². The number of anilines is 2. The number of amides is 3. The van der Waals surface area contributed by atoms with Crippen molar-refractivity contribution in [2.75, 3.05) is 16.4 Å². The Bertz CT molecular complexity index is 1540. The lowest BCUT2D eigenvalue weighted by Gasteiger charge is -2.12. The molecule has 6 nitrogen and oxygen atoms in total. The normalized spacial score (nSPS) is 11.0. The number of rotatable bonds is 9. The number of carbonyl (C=O) groups is 3. The molecule has 40 heavy (non-hydrogen) atoms. The van der Waals surface area contributed by atoms with Crippen LogP contribution in [0.2, 0.25) is 0 Å². The number of halogens is 2. The largest absolute Gasteiger partial charge is 0.323 e. The molecule has 3 amide bonds. The van der Waals surface area contributed by atoms with Crippen LogP contribution in [0.4, 0.5) is 15.8 Å². The summed E-state index contributed by atoms with van der Waals surface area (Å²) in [6, 6.07) is 27.6. The third kappa shape index (κ3) is 8.39. The molecule has 0 saturated carbocycles. The molecule has 0 spiro atoms. The van der Waals surface area contributed by atoms with Crippen LogP contribution in [-0.2, 0) is 9.59 Å². The predicted octanol–water partition coefficient (Wildman–Crippen LogP) is 7.04.